The van der Waals surface area contributed by atoms with E-state index in [1.54, 1.807) is 0 Å². The van der Waals surface area contributed by atoms with E-state index in [0.717, 1.165) is 16.6 Å². The minimum atomic E-state index is -0.402. The molecule has 1 aliphatic heterocycles. The molecule has 6 heteroatoms. The number of anilines is 1. The molecule has 0 bridgehead atoms. The molecule has 1 aliphatic rings. The molecule has 2 N–H and O–H groups in total. The van der Waals surface area contributed by atoms with E-state index >= 15 is 0 Å². The highest BCUT2D eigenvalue weighted by Crippen LogP contribution is 2.26. The summed E-state index contributed by atoms with van der Waals surface area (Å²) in [5.74, 6) is -0.137. The van der Waals surface area contributed by atoms with Crippen LogP contribution in [0.4, 0.5) is 5.95 Å². The Bertz CT molecular complexity index is 933. The lowest BCUT2D eigenvalue weighted by Gasteiger charge is -2.23. The average Bonchev–Trinajstić information content (AvgIpc) is 2.98. The molecule has 0 saturated carbocycles. The third-order valence-electron chi connectivity index (χ3n) is 4.43. The fourth-order valence-corrected chi connectivity index (χ4v) is 3.12. The Kier molecular flexibility index (Phi) is 3.93. The van der Waals surface area contributed by atoms with Crippen molar-refractivity contribution in [3.8, 4) is 0 Å². The molecule has 0 spiro atoms. The largest absolute Gasteiger partial charge is 0.352 e. The van der Waals surface area contributed by atoms with Crippen molar-refractivity contribution >= 4 is 28.8 Å². The summed E-state index contributed by atoms with van der Waals surface area (Å²) in [7, 11) is 0. The molecule has 1 unspecified atom stereocenters. The highest BCUT2D eigenvalue weighted by molar-refractivity contribution is 5.97. The second-order valence-electron chi connectivity index (χ2n) is 6.19. The summed E-state index contributed by atoms with van der Waals surface area (Å²) in [6.45, 7) is 0.924. The van der Waals surface area contributed by atoms with Crippen LogP contribution in [0, 0.1) is 5.92 Å². The first-order chi connectivity index (χ1) is 12.2. The van der Waals surface area contributed by atoms with Crippen molar-refractivity contribution in [1.82, 2.24) is 14.9 Å². The van der Waals surface area contributed by atoms with E-state index in [0.29, 0.717) is 19.0 Å². The molecule has 0 radical (unpaired) electrons. The zero-order chi connectivity index (χ0) is 17.2. The Morgan fingerprint density at radius 1 is 1.16 bits per heavy atom. The van der Waals surface area contributed by atoms with E-state index in [4.69, 9.17) is 0 Å². The van der Waals surface area contributed by atoms with Gasteiger partial charge in [-0.2, -0.15) is 0 Å². The summed E-state index contributed by atoms with van der Waals surface area (Å²) >= 11 is 0. The molecule has 2 aromatic carbocycles. The lowest BCUT2D eigenvalue weighted by atomic mass is 10.0. The maximum atomic E-state index is 12.3. The van der Waals surface area contributed by atoms with E-state index in [-0.39, 0.29) is 18.2 Å². The van der Waals surface area contributed by atoms with Crippen molar-refractivity contribution in [3.63, 3.8) is 0 Å². The van der Waals surface area contributed by atoms with Gasteiger partial charge in [-0.05, 0) is 17.7 Å². The number of rotatable bonds is 4. The summed E-state index contributed by atoms with van der Waals surface area (Å²) in [4.78, 5) is 29.0. The number of nitrogens with zero attached hydrogens (tertiary/aromatic N) is 2. The minimum Gasteiger partial charge on any atom is -0.352 e. The minimum absolute atomic E-state index is 0.128. The van der Waals surface area contributed by atoms with E-state index < -0.39 is 5.92 Å². The van der Waals surface area contributed by atoms with Crippen LogP contribution in [0.3, 0.4) is 0 Å². The first-order valence-corrected chi connectivity index (χ1v) is 8.27. The molecule has 0 aliphatic carbocycles. The second-order valence-corrected chi connectivity index (χ2v) is 6.19. The van der Waals surface area contributed by atoms with Gasteiger partial charge < -0.3 is 9.88 Å². The predicted molar refractivity (Wildman–Crippen MR) is 94.8 cm³/mol. The number of carbonyl (C=O) groups is 2. The highest BCUT2D eigenvalue weighted by Gasteiger charge is 2.30. The first-order valence-electron chi connectivity index (χ1n) is 8.27. The smallest absolute Gasteiger partial charge is 0.232 e. The monoisotopic (exact) mass is 334 g/mol. The molecule has 1 aromatic heterocycles. The fourth-order valence-electron chi connectivity index (χ4n) is 3.12. The SMILES string of the molecule is O=C(CC1Cn2c(nc3ccccc32)NC1=O)NCc1ccccc1. The van der Waals surface area contributed by atoms with Gasteiger partial charge in [0.1, 0.15) is 0 Å². The fraction of sp³-hybridized carbons (Fsp3) is 0.211. The van der Waals surface area contributed by atoms with Crippen LogP contribution in [0.15, 0.2) is 54.6 Å². The molecule has 4 rings (SSSR count). The second kappa shape index (κ2) is 6.39. The Balaban J connectivity index is 1.44. The van der Waals surface area contributed by atoms with Crippen LogP contribution >= 0.6 is 0 Å². The Labute approximate surface area is 144 Å². The van der Waals surface area contributed by atoms with Gasteiger partial charge in [0.2, 0.25) is 17.8 Å². The average molecular weight is 334 g/mol. The van der Waals surface area contributed by atoms with E-state index in [1.807, 2.05) is 59.2 Å². The van der Waals surface area contributed by atoms with Gasteiger partial charge in [-0.25, -0.2) is 4.98 Å². The van der Waals surface area contributed by atoms with Crippen LogP contribution in [0.1, 0.15) is 12.0 Å². The topological polar surface area (TPSA) is 76.0 Å². The molecule has 3 aromatic rings. The molecular weight excluding hydrogens is 316 g/mol. The van der Waals surface area contributed by atoms with Crippen LogP contribution in [-0.2, 0) is 22.7 Å². The number of fused-ring (bicyclic) bond motifs is 3. The van der Waals surface area contributed by atoms with Gasteiger partial charge >= 0.3 is 0 Å². The van der Waals surface area contributed by atoms with Crippen molar-refractivity contribution in [2.24, 2.45) is 5.92 Å². The highest BCUT2D eigenvalue weighted by atomic mass is 16.2. The quantitative estimate of drug-likeness (QED) is 0.769. The number of imidazole rings is 1. The summed E-state index contributed by atoms with van der Waals surface area (Å²) in [6, 6.07) is 17.4. The molecule has 2 heterocycles. The Morgan fingerprint density at radius 3 is 2.76 bits per heavy atom. The number of para-hydroxylation sites is 2. The van der Waals surface area contributed by atoms with Crippen LogP contribution in [0.25, 0.3) is 11.0 Å². The number of nitrogens with one attached hydrogen (secondary N) is 2. The Hall–Kier alpha value is -3.15. The van der Waals surface area contributed by atoms with Crippen molar-refractivity contribution < 1.29 is 9.59 Å². The van der Waals surface area contributed by atoms with Crippen molar-refractivity contribution in [2.45, 2.75) is 19.5 Å². The number of hydrogen-bond acceptors (Lipinski definition) is 3. The maximum absolute atomic E-state index is 12.3. The summed E-state index contributed by atoms with van der Waals surface area (Å²) in [5.41, 5.74) is 2.84. The van der Waals surface area contributed by atoms with Gasteiger partial charge in [-0.3, -0.25) is 14.9 Å². The molecule has 6 nitrogen and oxygen atoms in total. The lowest BCUT2D eigenvalue weighted by molar-refractivity contribution is -0.128. The zero-order valence-electron chi connectivity index (χ0n) is 13.6. The number of carbonyl (C=O) groups excluding carboxylic acids is 2. The molecule has 0 fully saturated rings. The Morgan fingerprint density at radius 2 is 1.92 bits per heavy atom. The third-order valence-corrected chi connectivity index (χ3v) is 4.43. The predicted octanol–water partition coefficient (Wildman–Crippen LogP) is 2.31. The van der Waals surface area contributed by atoms with Gasteiger partial charge in [0.25, 0.3) is 0 Å². The molecule has 0 saturated heterocycles. The lowest BCUT2D eigenvalue weighted by Crippen LogP contribution is -2.37. The maximum Gasteiger partial charge on any atom is 0.232 e. The molecule has 126 valence electrons. The third kappa shape index (κ3) is 3.10. The van der Waals surface area contributed by atoms with Gasteiger partial charge in [-0.1, -0.05) is 42.5 Å². The van der Waals surface area contributed by atoms with Gasteiger partial charge in [0.05, 0.1) is 17.0 Å². The van der Waals surface area contributed by atoms with Gasteiger partial charge in [0, 0.05) is 19.5 Å². The standard InChI is InChI=1S/C19H18N4O2/c24-17(20-11-13-6-2-1-3-7-13)10-14-12-23-16-9-5-4-8-15(16)21-19(23)22-18(14)25/h1-9,14H,10-12H2,(H,20,24)(H,21,22,25). The first kappa shape index (κ1) is 15.4. The van der Waals surface area contributed by atoms with Crippen LogP contribution in [0.5, 0.6) is 0 Å². The normalized spacial score (nSPS) is 16.3. The molecule has 25 heavy (non-hydrogen) atoms. The zero-order valence-corrected chi connectivity index (χ0v) is 13.6. The number of amides is 2. The van der Waals surface area contributed by atoms with Crippen molar-refractivity contribution in [1.29, 1.82) is 0 Å². The molecular formula is C19H18N4O2. The van der Waals surface area contributed by atoms with E-state index in [9.17, 15) is 9.59 Å². The summed E-state index contributed by atoms with van der Waals surface area (Å²) < 4.78 is 1.96. The van der Waals surface area contributed by atoms with Crippen molar-refractivity contribution in [2.75, 3.05) is 5.32 Å². The molecule has 2 amide bonds. The summed E-state index contributed by atoms with van der Waals surface area (Å²) in [5, 5.41) is 5.69. The number of benzene rings is 2. The van der Waals surface area contributed by atoms with Crippen LogP contribution in [0.2, 0.25) is 0 Å². The molecule has 1 atom stereocenters. The van der Waals surface area contributed by atoms with Crippen LogP contribution in [-0.4, -0.2) is 21.4 Å². The number of hydrogen-bond donors (Lipinski definition) is 2. The van der Waals surface area contributed by atoms with E-state index in [1.165, 1.54) is 0 Å². The van der Waals surface area contributed by atoms with Gasteiger partial charge in [0.15, 0.2) is 0 Å². The van der Waals surface area contributed by atoms with Gasteiger partial charge in [-0.15, -0.1) is 0 Å². The van der Waals surface area contributed by atoms with Crippen LogP contribution < -0.4 is 10.6 Å². The number of aromatic nitrogens is 2. The summed E-state index contributed by atoms with van der Waals surface area (Å²) in [6.07, 6.45) is 0.157. The van der Waals surface area contributed by atoms with E-state index in [2.05, 4.69) is 15.6 Å². The van der Waals surface area contributed by atoms with Crippen molar-refractivity contribution in [3.05, 3.63) is 60.2 Å².